The topological polar surface area (TPSA) is 38.9 Å². The highest BCUT2D eigenvalue weighted by atomic mass is 32.1. The lowest BCUT2D eigenvalue weighted by Crippen LogP contribution is -2.15. The molecule has 68 valence electrons. The number of aromatic nitrogens is 1. The lowest BCUT2D eigenvalue weighted by atomic mass is 9.91. The van der Waals surface area contributed by atoms with Gasteiger partial charge in [0.25, 0.3) is 0 Å². The molecule has 0 aliphatic carbocycles. The Kier molecular flexibility index (Phi) is 2.54. The van der Waals surface area contributed by atoms with Crippen LogP contribution in [0.25, 0.3) is 0 Å². The van der Waals surface area contributed by atoms with Gasteiger partial charge in [-0.2, -0.15) is 0 Å². The second kappa shape index (κ2) is 3.15. The van der Waals surface area contributed by atoms with Crippen LogP contribution in [-0.2, 0) is 12.0 Å². The van der Waals surface area contributed by atoms with E-state index in [0.717, 1.165) is 10.7 Å². The van der Waals surface area contributed by atoms with Crippen LogP contribution in [0.4, 0.5) is 0 Å². The first kappa shape index (κ1) is 9.68. The van der Waals surface area contributed by atoms with Gasteiger partial charge in [-0.05, 0) is 6.92 Å². The summed E-state index contributed by atoms with van der Waals surface area (Å²) in [4.78, 5) is 5.71. The van der Waals surface area contributed by atoms with Crippen LogP contribution in [0.15, 0.2) is 0 Å². The Morgan fingerprint density at radius 3 is 2.33 bits per heavy atom. The Bertz CT molecular complexity index is 271. The summed E-state index contributed by atoms with van der Waals surface area (Å²) in [5.41, 5.74) is 6.92. The second-order valence-electron chi connectivity index (χ2n) is 3.96. The Hall–Kier alpha value is -0.410. The third kappa shape index (κ3) is 1.84. The van der Waals surface area contributed by atoms with Crippen molar-refractivity contribution < 1.29 is 0 Å². The first-order valence-corrected chi connectivity index (χ1v) is 4.93. The van der Waals surface area contributed by atoms with Gasteiger partial charge >= 0.3 is 0 Å². The lowest BCUT2D eigenvalue weighted by molar-refractivity contribution is 0.565. The van der Waals surface area contributed by atoms with Gasteiger partial charge in [-0.25, -0.2) is 4.98 Å². The zero-order chi connectivity index (χ0) is 9.35. The number of nitrogens with two attached hydrogens (primary N) is 1. The maximum absolute atomic E-state index is 5.63. The van der Waals surface area contributed by atoms with Crippen molar-refractivity contribution in [3.05, 3.63) is 15.6 Å². The Labute approximate surface area is 77.8 Å². The largest absolute Gasteiger partial charge is 0.326 e. The van der Waals surface area contributed by atoms with Crippen molar-refractivity contribution in [1.29, 1.82) is 0 Å². The third-order valence-electron chi connectivity index (χ3n) is 1.70. The zero-order valence-corrected chi connectivity index (χ0v) is 8.96. The fraction of sp³-hybridized carbons (Fsp3) is 0.667. The van der Waals surface area contributed by atoms with Crippen LogP contribution in [0.1, 0.15) is 36.3 Å². The number of thiazole rings is 1. The molecule has 0 saturated heterocycles. The van der Waals surface area contributed by atoms with Gasteiger partial charge in [-0.3, -0.25) is 0 Å². The summed E-state index contributed by atoms with van der Waals surface area (Å²) in [6, 6.07) is 0. The van der Waals surface area contributed by atoms with Crippen molar-refractivity contribution in [2.24, 2.45) is 5.73 Å². The Balaban J connectivity index is 3.13. The lowest BCUT2D eigenvalue weighted by Gasteiger charge is -2.16. The average molecular weight is 184 g/mol. The van der Waals surface area contributed by atoms with E-state index >= 15 is 0 Å². The molecule has 12 heavy (non-hydrogen) atoms. The molecular formula is C9H16N2S. The van der Waals surface area contributed by atoms with Crippen LogP contribution in [0.2, 0.25) is 0 Å². The third-order valence-corrected chi connectivity index (χ3v) is 2.69. The van der Waals surface area contributed by atoms with E-state index in [1.54, 1.807) is 11.3 Å². The van der Waals surface area contributed by atoms with Gasteiger partial charge in [0.05, 0.1) is 10.7 Å². The van der Waals surface area contributed by atoms with Gasteiger partial charge in [0.1, 0.15) is 0 Å². The van der Waals surface area contributed by atoms with Gasteiger partial charge in [0, 0.05) is 16.8 Å². The molecule has 0 bridgehead atoms. The highest BCUT2D eigenvalue weighted by Crippen LogP contribution is 2.28. The summed E-state index contributed by atoms with van der Waals surface area (Å²) in [5, 5.41) is 1.11. The molecule has 2 nitrogen and oxygen atoms in total. The first-order chi connectivity index (χ1) is 5.45. The molecule has 0 radical (unpaired) electrons. The van der Waals surface area contributed by atoms with Gasteiger partial charge in [0.15, 0.2) is 0 Å². The standard InChI is InChI=1S/C9H16N2S/c1-6-11-8(9(2,3)4)7(5-10)12-6/h5,10H2,1-4H3. The van der Waals surface area contributed by atoms with Crippen LogP contribution in [0, 0.1) is 6.92 Å². The molecule has 1 rings (SSSR count). The van der Waals surface area contributed by atoms with E-state index in [4.69, 9.17) is 5.73 Å². The molecule has 0 fully saturated rings. The van der Waals surface area contributed by atoms with Crippen LogP contribution >= 0.6 is 11.3 Å². The predicted octanol–water partition coefficient (Wildman–Crippen LogP) is 2.21. The molecule has 0 saturated carbocycles. The van der Waals surface area contributed by atoms with E-state index in [1.165, 1.54) is 4.88 Å². The van der Waals surface area contributed by atoms with E-state index in [9.17, 15) is 0 Å². The summed E-state index contributed by atoms with van der Waals surface area (Å²) in [5.74, 6) is 0. The van der Waals surface area contributed by atoms with Gasteiger partial charge in [-0.1, -0.05) is 20.8 Å². The van der Waals surface area contributed by atoms with Crippen molar-refractivity contribution in [3.8, 4) is 0 Å². The number of hydrogen-bond donors (Lipinski definition) is 1. The second-order valence-corrected chi connectivity index (χ2v) is 5.25. The van der Waals surface area contributed by atoms with Crippen LogP contribution in [0.5, 0.6) is 0 Å². The smallest absolute Gasteiger partial charge is 0.0900 e. The maximum Gasteiger partial charge on any atom is 0.0900 e. The quantitative estimate of drug-likeness (QED) is 0.726. The average Bonchev–Trinajstić information content (AvgIpc) is 2.29. The van der Waals surface area contributed by atoms with E-state index in [-0.39, 0.29) is 5.41 Å². The van der Waals surface area contributed by atoms with E-state index < -0.39 is 0 Å². The normalized spacial score (nSPS) is 12.1. The molecule has 3 heteroatoms. The molecule has 0 spiro atoms. The van der Waals surface area contributed by atoms with E-state index in [0.29, 0.717) is 6.54 Å². The minimum absolute atomic E-state index is 0.124. The van der Waals surface area contributed by atoms with Gasteiger partial charge in [-0.15, -0.1) is 11.3 Å². The first-order valence-electron chi connectivity index (χ1n) is 4.12. The fourth-order valence-corrected chi connectivity index (χ4v) is 2.22. The van der Waals surface area contributed by atoms with Gasteiger partial charge < -0.3 is 5.73 Å². The molecule has 0 aliphatic rings. The van der Waals surface area contributed by atoms with E-state index in [1.807, 2.05) is 6.92 Å². The maximum atomic E-state index is 5.63. The van der Waals surface area contributed by atoms with Crippen LogP contribution in [0.3, 0.4) is 0 Å². The Morgan fingerprint density at radius 1 is 1.42 bits per heavy atom. The van der Waals surface area contributed by atoms with Crippen LogP contribution < -0.4 is 5.73 Å². The summed E-state index contributed by atoms with van der Waals surface area (Å²) >= 11 is 1.71. The molecule has 0 unspecified atom stereocenters. The number of nitrogens with zero attached hydrogens (tertiary/aromatic N) is 1. The number of hydrogen-bond acceptors (Lipinski definition) is 3. The zero-order valence-electron chi connectivity index (χ0n) is 8.14. The van der Waals surface area contributed by atoms with Crippen molar-refractivity contribution >= 4 is 11.3 Å². The molecular weight excluding hydrogens is 168 g/mol. The molecule has 2 N–H and O–H groups in total. The number of rotatable bonds is 1. The molecule has 0 aromatic carbocycles. The SMILES string of the molecule is Cc1nc(C(C)(C)C)c(CN)s1. The van der Waals surface area contributed by atoms with E-state index in [2.05, 4.69) is 25.8 Å². The minimum atomic E-state index is 0.124. The summed E-state index contributed by atoms with van der Waals surface area (Å²) in [6.07, 6.45) is 0. The molecule has 0 atom stereocenters. The predicted molar refractivity (Wildman–Crippen MR) is 53.4 cm³/mol. The minimum Gasteiger partial charge on any atom is -0.326 e. The monoisotopic (exact) mass is 184 g/mol. The summed E-state index contributed by atoms with van der Waals surface area (Å²) in [7, 11) is 0. The van der Waals surface area contributed by atoms with Gasteiger partial charge in [0.2, 0.25) is 0 Å². The molecule has 1 aromatic rings. The molecule has 0 amide bonds. The molecule has 0 aliphatic heterocycles. The summed E-state index contributed by atoms with van der Waals surface area (Å²) < 4.78 is 0. The van der Waals surface area contributed by atoms with Crippen molar-refractivity contribution in [2.75, 3.05) is 0 Å². The highest BCUT2D eigenvalue weighted by Gasteiger charge is 2.21. The van der Waals surface area contributed by atoms with Crippen molar-refractivity contribution in [3.63, 3.8) is 0 Å². The summed E-state index contributed by atoms with van der Waals surface area (Å²) in [6.45, 7) is 9.14. The van der Waals surface area contributed by atoms with Crippen molar-refractivity contribution in [1.82, 2.24) is 4.98 Å². The van der Waals surface area contributed by atoms with Crippen molar-refractivity contribution in [2.45, 2.75) is 39.7 Å². The number of aryl methyl sites for hydroxylation is 1. The molecule has 1 aromatic heterocycles. The fourth-order valence-electron chi connectivity index (χ4n) is 1.19. The van der Waals surface area contributed by atoms with Crippen LogP contribution in [-0.4, -0.2) is 4.98 Å². The highest BCUT2D eigenvalue weighted by molar-refractivity contribution is 7.11. The molecule has 1 heterocycles. The Morgan fingerprint density at radius 2 is 2.00 bits per heavy atom.